The fraction of sp³-hybridized carbons (Fsp3) is 0.571. The van der Waals surface area contributed by atoms with Crippen LogP contribution < -0.4 is 0 Å². The number of halogens is 1. The van der Waals surface area contributed by atoms with Crippen molar-refractivity contribution in [2.45, 2.75) is 25.7 Å². The number of carbonyl (C=O) groups is 2. The molecule has 1 fully saturated rings. The average Bonchev–Trinajstić information content (AvgIpc) is 3.19. The summed E-state index contributed by atoms with van der Waals surface area (Å²) in [5.41, 5.74) is -1.44. The summed E-state index contributed by atoms with van der Waals surface area (Å²) in [4.78, 5) is 24.0. The van der Waals surface area contributed by atoms with E-state index in [0.29, 0.717) is 10.4 Å². The van der Waals surface area contributed by atoms with Gasteiger partial charge >= 0.3 is 11.9 Å². The van der Waals surface area contributed by atoms with Crippen LogP contribution in [-0.4, -0.2) is 26.2 Å². The molecule has 1 aliphatic rings. The Balaban J connectivity index is 3.01. The number of esters is 2. The molecule has 19 heavy (non-hydrogen) atoms. The lowest BCUT2D eigenvalue weighted by molar-refractivity contribution is -0.168. The van der Waals surface area contributed by atoms with Gasteiger partial charge in [-0.3, -0.25) is 9.59 Å². The van der Waals surface area contributed by atoms with Crippen LogP contribution in [0.3, 0.4) is 0 Å². The number of hydrogen-bond acceptors (Lipinski definition) is 4. The summed E-state index contributed by atoms with van der Waals surface area (Å²) < 4.78 is 10.0. The van der Waals surface area contributed by atoms with Gasteiger partial charge in [-0.2, -0.15) is 0 Å². The summed E-state index contributed by atoms with van der Waals surface area (Å²) in [7, 11) is 2.48. The van der Waals surface area contributed by atoms with E-state index in [-0.39, 0.29) is 12.8 Å². The molecule has 0 N–H and O–H groups in total. The van der Waals surface area contributed by atoms with Crippen LogP contribution >= 0.6 is 15.9 Å². The van der Waals surface area contributed by atoms with E-state index in [4.69, 9.17) is 9.47 Å². The lowest BCUT2D eigenvalue weighted by Crippen LogP contribution is -2.41. The first-order valence-electron chi connectivity index (χ1n) is 5.94. The van der Waals surface area contributed by atoms with Crippen LogP contribution in [0.1, 0.15) is 25.7 Å². The van der Waals surface area contributed by atoms with Crippen LogP contribution in [-0.2, 0) is 19.1 Å². The van der Waals surface area contributed by atoms with Gasteiger partial charge in [-0.15, -0.1) is 5.92 Å². The van der Waals surface area contributed by atoms with Crippen LogP contribution in [0.5, 0.6) is 0 Å². The number of methoxy groups -OCH3 is 2. The lowest BCUT2D eigenvalue weighted by atomic mass is 9.81. The van der Waals surface area contributed by atoms with Crippen LogP contribution in [0.15, 0.2) is 11.1 Å². The molecular formula is C14H17BrO4. The molecule has 0 unspecified atom stereocenters. The zero-order valence-corrected chi connectivity index (χ0v) is 12.7. The maximum Gasteiger partial charge on any atom is 0.324 e. The minimum Gasteiger partial charge on any atom is -0.468 e. The molecule has 0 spiro atoms. The molecular weight excluding hydrogens is 312 g/mol. The van der Waals surface area contributed by atoms with Crippen molar-refractivity contribution in [3.63, 3.8) is 0 Å². The van der Waals surface area contributed by atoms with Gasteiger partial charge in [0.1, 0.15) is 0 Å². The number of allylic oxidation sites excluding steroid dienone is 1. The second kappa shape index (κ2) is 6.76. The van der Waals surface area contributed by atoms with Crippen LogP contribution in [0.4, 0.5) is 0 Å². The van der Waals surface area contributed by atoms with Crippen molar-refractivity contribution >= 4 is 27.9 Å². The highest BCUT2D eigenvalue weighted by atomic mass is 79.9. The van der Waals surface area contributed by atoms with E-state index in [0.717, 1.165) is 12.8 Å². The highest BCUT2D eigenvalue weighted by Crippen LogP contribution is 2.35. The van der Waals surface area contributed by atoms with Crippen molar-refractivity contribution in [3.8, 4) is 11.8 Å². The highest BCUT2D eigenvalue weighted by molar-refractivity contribution is 9.11. The number of ether oxygens (including phenoxy) is 2. The summed E-state index contributed by atoms with van der Waals surface area (Å²) in [6.45, 7) is 3.68. The SMILES string of the molecule is C=C(Br)CC(CC#CC1CC1)(C(=O)OC)C(=O)OC. The lowest BCUT2D eigenvalue weighted by Gasteiger charge is -2.25. The van der Waals surface area contributed by atoms with Crippen molar-refractivity contribution in [3.05, 3.63) is 11.1 Å². The van der Waals surface area contributed by atoms with Crippen molar-refractivity contribution in [1.29, 1.82) is 0 Å². The Bertz CT molecular complexity index is 424. The quantitative estimate of drug-likeness (QED) is 0.442. The molecule has 0 radical (unpaired) electrons. The molecule has 0 aromatic rings. The molecule has 0 aromatic heterocycles. The first-order valence-corrected chi connectivity index (χ1v) is 6.74. The van der Waals surface area contributed by atoms with Crippen LogP contribution in [0.25, 0.3) is 0 Å². The Morgan fingerprint density at radius 3 is 2.21 bits per heavy atom. The van der Waals surface area contributed by atoms with Crippen molar-refractivity contribution in [1.82, 2.24) is 0 Å². The van der Waals surface area contributed by atoms with E-state index in [1.807, 2.05) is 0 Å². The Hall–Kier alpha value is -1.28. The van der Waals surface area contributed by atoms with Crippen LogP contribution in [0.2, 0.25) is 0 Å². The van der Waals surface area contributed by atoms with E-state index >= 15 is 0 Å². The molecule has 0 amide bonds. The molecule has 104 valence electrons. The molecule has 0 aromatic carbocycles. The Labute approximate surface area is 121 Å². The maximum atomic E-state index is 12.0. The molecule has 0 atom stereocenters. The molecule has 5 heteroatoms. The Morgan fingerprint density at radius 2 is 1.84 bits per heavy atom. The third-order valence-electron chi connectivity index (χ3n) is 2.92. The largest absolute Gasteiger partial charge is 0.468 e. The van der Waals surface area contributed by atoms with E-state index in [1.165, 1.54) is 14.2 Å². The maximum absolute atomic E-state index is 12.0. The summed E-state index contributed by atoms with van der Waals surface area (Å²) >= 11 is 3.18. The number of rotatable bonds is 5. The third-order valence-corrected chi connectivity index (χ3v) is 3.20. The van der Waals surface area contributed by atoms with Gasteiger partial charge in [0.05, 0.1) is 14.2 Å². The zero-order chi connectivity index (χ0) is 14.5. The first-order chi connectivity index (χ1) is 8.96. The van der Waals surface area contributed by atoms with Gasteiger partial charge in [0, 0.05) is 18.8 Å². The van der Waals surface area contributed by atoms with Crippen molar-refractivity contribution < 1.29 is 19.1 Å². The summed E-state index contributed by atoms with van der Waals surface area (Å²) in [6.07, 6.45) is 2.35. The second-order valence-electron chi connectivity index (χ2n) is 4.53. The molecule has 4 nitrogen and oxygen atoms in total. The monoisotopic (exact) mass is 328 g/mol. The van der Waals surface area contributed by atoms with Gasteiger partial charge in [-0.05, 0) is 17.3 Å². The average molecular weight is 329 g/mol. The predicted molar refractivity (Wildman–Crippen MR) is 74.3 cm³/mol. The summed E-state index contributed by atoms with van der Waals surface area (Å²) in [5, 5.41) is 0. The Morgan fingerprint density at radius 1 is 1.32 bits per heavy atom. The molecule has 0 saturated heterocycles. The fourth-order valence-electron chi connectivity index (χ4n) is 1.73. The standard InChI is InChI=1S/C14H17BrO4/c1-10(15)9-14(12(16)18-2,13(17)19-3)8-4-5-11-6-7-11/h11H,1,6-9H2,2-3H3. The minimum absolute atomic E-state index is 0.0769. The van der Waals surface area contributed by atoms with E-state index in [9.17, 15) is 9.59 Å². The molecule has 0 bridgehead atoms. The van der Waals surface area contributed by atoms with Gasteiger partial charge < -0.3 is 9.47 Å². The highest BCUT2D eigenvalue weighted by Gasteiger charge is 2.48. The minimum atomic E-state index is -1.44. The third kappa shape index (κ3) is 4.10. The molecule has 1 saturated carbocycles. The van der Waals surface area contributed by atoms with Gasteiger partial charge in [-0.25, -0.2) is 0 Å². The van der Waals surface area contributed by atoms with Crippen LogP contribution in [0, 0.1) is 23.2 Å². The number of hydrogen-bond donors (Lipinski definition) is 0. The predicted octanol–water partition coefficient (Wildman–Crippen LogP) is 2.42. The van der Waals surface area contributed by atoms with Gasteiger partial charge in [0.15, 0.2) is 5.41 Å². The molecule has 1 rings (SSSR count). The molecule has 1 aliphatic carbocycles. The Kier molecular flexibility index (Phi) is 5.61. The first kappa shape index (κ1) is 15.8. The topological polar surface area (TPSA) is 52.6 Å². The smallest absolute Gasteiger partial charge is 0.324 e. The van der Waals surface area contributed by atoms with Gasteiger partial charge in [0.25, 0.3) is 0 Å². The van der Waals surface area contributed by atoms with E-state index in [2.05, 4.69) is 34.3 Å². The normalized spacial score (nSPS) is 14.1. The van der Waals surface area contributed by atoms with Crippen molar-refractivity contribution in [2.24, 2.45) is 11.3 Å². The number of carbonyl (C=O) groups excluding carboxylic acids is 2. The van der Waals surface area contributed by atoms with Crippen molar-refractivity contribution in [2.75, 3.05) is 14.2 Å². The summed E-state index contributed by atoms with van der Waals surface area (Å²) in [5.74, 6) is 5.05. The fourth-order valence-corrected chi connectivity index (χ4v) is 2.21. The van der Waals surface area contributed by atoms with Gasteiger partial charge in [0.2, 0.25) is 0 Å². The molecule has 0 aliphatic heterocycles. The molecule has 0 heterocycles. The zero-order valence-electron chi connectivity index (χ0n) is 11.1. The van der Waals surface area contributed by atoms with E-state index < -0.39 is 17.4 Å². The second-order valence-corrected chi connectivity index (χ2v) is 5.65. The van der Waals surface area contributed by atoms with Gasteiger partial charge in [-0.1, -0.05) is 28.4 Å². The van der Waals surface area contributed by atoms with E-state index in [1.54, 1.807) is 0 Å². The summed E-state index contributed by atoms with van der Waals surface area (Å²) in [6, 6.07) is 0.